The average Bonchev–Trinajstić information content (AvgIpc) is 2.41. The van der Waals surface area contributed by atoms with Gasteiger partial charge in [0.15, 0.2) is 0 Å². The Morgan fingerprint density at radius 1 is 1.42 bits per heavy atom. The van der Waals surface area contributed by atoms with Gasteiger partial charge in [0, 0.05) is 13.6 Å². The zero-order valence-corrected chi connectivity index (χ0v) is 12.4. The van der Waals surface area contributed by atoms with Crippen molar-refractivity contribution in [1.29, 1.82) is 0 Å². The summed E-state index contributed by atoms with van der Waals surface area (Å²) >= 11 is 6.00. The van der Waals surface area contributed by atoms with Crippen molar-refractivity contribution >= 4 is 17.3 Å². The molecule has 0 amide bonds. The maximum absolute atomic E-state index is 11.6. The summed E-state index contributed by atoms with van der Waals surface area (Å²) in [5.74, 6) is 1.70. The molecule has 1 heterocycles. The Bertz CT molecular complexity index is 478. The van der Waals surface area contributed by atoms with E-state index in [1.807, 2.05) is 0 Å². The van der Waals surface area contributed by atoms with Crippen molar-refractivity contribution in [3.05, 3.63) is 21.6 Å². The highest BCUT2D eigenvalue weighted by molar-refractivity contribution is 6.32. The monoisotopic (exact) mass is 283 g/mol. The van der Waals surface area contributed by atoms with E-state index < -0.39 is 0 Å². The summed E-state index contributed by atoms with van der Waals surface area (Å²) in [4.78, 5) is 11.6. The zero-order chi connectivity index (χ0) is 13.8. The molecular formula is C14H22ClN3O. The summed E-state index contributed by atoms with van der Waals surface area (Å²) < 4.78 is 1.25. The van der Waals surface area contributed by atoms with E-state index in [4.69, 9.17) is 11.6 Å². The van der Waals surface area contributed by atoms with Crippen LogP contribution in [0.3, 0.4) is 0 Å². The zero-order valence-electron chi connectivity index (χ0n) is 11.7. The fourth-order valence-electron chi connectivity index (χ4n) is 2.66. The SMILES string of the molecule is CC1CCC(CCNc2cnn(C)c(=O)c2Cl)CC1. The Labute approximate surface area is 119 Å². The third-order valence-corrected chi connectivity index (χ3v) is 4.45. The molecule has 106 valence electrons. The molecule has 0 bridgehead atoms. The maximum atomic E-state index is 11.6. The van der Waals surface area contributed by atoms with Crippen LogP contribution in [0.25, 0.3) is 0 Å². The topological polar surface area (TPSA) is 46.9 Å². The lowest BCUT2D eigenvalue weighted by Gasteiger charge is -2.26. The molecule has 0 aromatic carbocycles. The van der Waals surface area contributed by atoms with Crippen LogP contribution in [0.1, 0.15) is 39.0 Å². The summed E-state index contributed by atoms with van der Waals surface area (Å²) in [7, 11) is 1.60. The van der Waals surface area contributed by atoms with E-state index in [0.29, 0.717) is 5.69 Å². The van der Waals surface area contributed by atoms with E-state index >= 15 is 0 Å². The number of hydrogen-bond donors (Lipinski definition) is 1. The fourth-order valence-corrected chi connectivity index (χ4v) is 2.90. The van der Waals surface area contributed by atoms with Gasteiger partial charge >= 0.3 is 0 Å². The van der Waals surface area contributed by atoms with Gasteiger partial charge in [-0.25, -0.2) is 4.68 Å². The first-order valence-corrected chi connectivity index (χ1v) is 7.41. The molecule has 0 atom stereocenters. The van der Waals surface area contributed by atoms with E-state index in [2.05, 4.69) is 17.3 Å². The smallest absolute Gasteiger partial charge is 0.287 e. The first kappa shape index (κ1) is 14.4. The lowest BCUT2D eigenvalue weighted by molar-refractivity contribution is 0.282. The van der Waals surface area contributed by atoms with Gasteiger partial charge in [-0.3, -0.25) is 4.79 Å². The number of aromatic nitrogens is 2. The highest BCUT2D eigenvalue weighted by atomic mass is 35.5. The van der Waals surface area contributed by atoms with Crippen LogP contribution in [0.15, 0.2) is 11.0 Å². The predicted octanol–water partition coefficient (Wildman–Crippen LogP) is 3.06. The third-order valence-electron chi connectivity index (χ3n) is 4.08. The van der Waals surface area contributed by atoms with E-state index in [1.165, 1.54) is 30.4 Å². The fraction of sp³-hybridized carbons (Fsp3) is 0.714. The van der Waals surface area contributed by atoms with Crippen LogP contribution in [0.4, 0.5) is 5.69 Å². The van der Waals surface area contributed by atoms with Gasteiger partial charge in [0.1, 0.15) is 5.02 Å². The summed E-state index contributed by atoms with van der Waals surface area (Å²) in [6, 6.07) is 0. The predicted molar refractivity (Wildman–Crippen MR) is 78.7 cm³/mol. The summed E-state index contributed by atoms with van der Waals surface area (Å²) in [6.07, 6.45) is 8.10. The summed E-state index contributed by atoms with van der Waals surface area (Å²) in [5, 5.41) is 7.44. The van der Waals surface area contributed by atoms with Crippen molar-refractivity contribution in [3.8, 4) is 0 Å². The van der Waals surface area contributed by atoms with Crippen LogP contribution in [0.5, 0.6) is 0 Å². The van der Waals surface area contributed by atoms with Crippen LogP contribution >= 0.6 is 11.6 Å². The van der Waals surface area contributed by atoms with E-state index in [9.17, 15) is 4.79 Å². The van der Waals surface area contributed by atoms with Crippen LogP contribution in [0.2, 0.25) is 5.02 Å². The standard InChI is InChI=1S/C14H22ClN3O/c1-10-3-5-11(6-4-10)7-8-16-12-9-17-18(2)14(19)13(12)15/h9-11,16H,3-8H2,1-2H3. The number of aryl methyl sites for hydroxylation is 1. The largest absolute Gasteiger partial charge is 0.382 e. The molecule has 1 fully saturated rings. The normalized spacial score (nSPS) is 23.3. The van der Waals surface area contributed by atoms with E-state index in [0.717, 1.165) is 24.8 Å². The van der Waals surface area contributed by atoms with Gasteiger partial charge in [-0.15, -0.1) is 0 Å². The quantitative estimate of drug-likeness (QED) is 0.924. The molecule has 0 radical (unpaired) electrons. The second kappa shape index (κ2) is 6.42. The molecule has 0 aliphatic heterocycles. The average molecular weight is 284 g/mol. The molecule has 0 unspecified atom stereocenters. The molecular weight excluding hydrogens is 262 g/mol. The first-order chi connectivity index (χ1) is 9.08. The van der Waals surface area contributed by atoms with Crippen molar-refractivity contribution < 1.29 is 0 Å². The van der Waals surface area contributed by atoms with Gasteiger partial charge in [-0.1, -0.05) is 44.2 Å². The maximum Gasteiger partial charge on any atom is 0.287 e. The number of nitrogens with one attached hydrogen (secondary N) is 1. The van der Waals surface area contributed by atoms with Crippen LogP contribution < -0.4 is 10.9 Å². The lowest BCUT2D eigenvalue weighted by Crippen LogP contribution is -2.22. The minimum absolute atomic E-state index is 0.231. The lowest BCUT2D eigenvalue weighted by atomic mass is 9.81. The number of rotatable bonds is 4. The molecule has 5 heteroatoms. The number of nitrogens with zero attached hydrogens (tertiary/aromatic N) is 2. The van der Waals surface area contributed by atoms with E-state index in [1.54, 1.807) is 13.2 Å². The molecule has 0 spiro atoms. The molecule has 1 aromatic rings. The molecule has 1 aliphatic rings. The first-order valence-electron chi connectivity index (χ1n) is 7.03. The minimum atomic E-state index is -0.252. The number of anilines is 1. The second-order valence-corrected chi connectivity index (χ2v) is 6.02. The molecule has 1 aromatic heterocycles. The number of hydrogen-bond acceptors (Lipinski definition) is 3. The van der Waals surface area contributed by atoms with Gasteiger partial charge in [-0.2, -0.15) is 5.10 Å². The van der Waals surface area contributed by atoms with Crippen molar-refractivity contribution in [1.82, 2.24) is 9.78 Å². The Morgan fingerprint density at radius 3 is 2.79 bits per heavy atom. The van der Waals surface area contributed by atoms with Crippen molar-refractivity contribution in [2.24, 2.45) is 18.9 Å². The molecule has 1 saturated carbocycles. The summed E-state index contributed by atoms with van der Waals surface area (Å²) in [5.41, 5.74) is 0.395. The molecule has 19 heavy (non-hydrogen) atoms. The van der Waals surface area contributed by atoms with Crippen LogP contribution in [-0.2, 0) is 7.05 Å². The Kier molecular flexibility index (Phi) is 4.86. The van der Waals surface area contributed by atoms with Crippen molar-refractivity contribution in [2.45, 2.75) is 39.0 Å². The van der Waals surface area contributed by atoms with Gasteiger partial charge in [-0.05, 0) is 18.3 Å². The second-order valence-electron chi connectivity index (χ2n) is 5.64. The Morgan fingerprint density at radius 2 is 2.11 bits per heavy atom. The van der Waals surface area contributed by atoms with Crippen molar-refractivity contribution in [2.75, 3.05) is 11.9 Å². The molecule has 1 aliphatic carbocycles. The highest BCUT2D eigenvalue weighted by Crippen LogP contribution is 2.30. The van der Waals surface area contributed by atoms with E-state index in [-0.39, 0.29) is 10.6 Å². The molecule has 4 nitrogen and oxygen atoms in total. The molecule has 2 rings (SSSR count). The Balaban J connectivity index is 1.83. The minimum Gasteiger partial charge on any atom is -0.382 e. The Hall–Kier alpha value is -1.03. The van der Waals surface area contributed by atoms with Crippen LogP contribution in [0, 0.1) is 11.8 Å². The van der Waals surface area contributed by atoms with Gasteiger partial charge in [0.05, 0.1) is 11.9 Å². The van der Waals surface area contributed by atoms with Crippen molar-refractivity contribution in [3.63, 3.8) is 0 Å². The van der Waals surface area contributed by atoms with Gasteiger partial charge in [0.25, 0.3) is 5.56 Å². The van der Waals surface area contributed by atoms with Gasteiger partial charge < -0.3 is 5.32 Å². The number of halogens is 1. The van der Waals surface area contributed by atoms with Crippen LogP contribution in [-0.4, -0.2) is 16.3 Å². The highest BCUT2D eigenvalue weighted by Gasteiger charge is 2.17. The molecule has 1 N–H and O–H groups in total. The summed E-state index contributed by atoms with van der Waals surface area (Å²) in [6.45, 7) is 3.19. The van der Waals surface area contributed by atoms with Gasteiger partial charge in [0.2, 0.25) is 0 Å². The third kappa shape index (κ3) is 3.72. The molecule has 0 saturated heterocycles.